The minimum absolute atomic E-state index is 0.000106. The van der Waals surface area contributed by atoms with Gasteiger partial charge in [0.15, 0.2) is 5.65 Å². The van der Waals surface area contributed by atoms with Crippen molar-refractivity contribution in [2.75, 3.05) is 30.3 Å². The van der Waals surface area contributed by atoms with Crippen LogP contribution >= 0.6 is 0 Å². The normalized spacial score (nSPS) is 25.8. The molecule has 6 aliphatic rings. The number of hydrogen-bond acceptors (Lipinski definition) is 11. The largest absolute Gasteiger partial charge is 0.457 e. The Morgan fingerprint density at radius 2 is 1.59 bits per heavy atom. The van der Waals surface area contributed by atoms with Crippen molar-refractivity contribution in [2.45, 2.75) is 75.3 Å². The van der Waals surface area contributed by atoms with Gasteiger partial charge < -0.3 is 15.4 Å². The maximum absolute atomic E-state index is 16.4. The topological polar surface area (TPSA) is 169 Å². The highest BCUT2D eigenvalue weighted by Crippen LogP contribution is 2.42. The summed E-state index contributed by atoms with van der Waals surface area (Å²) in [5, 5.41) is 7.69. The second-order valence-corrected chi connectivity index (χ2v) is 16.2. The molecule has 1 aliphatic carbocycles. The van der Waals surface area contributed by atoms with Gasteiger partial charge >= 0.3 is 0 Å². The van der Waals surface area contributed by atoms with Gasteiger partial charge in [0, 0.05) is 43.7 Å². The van der Waals surface area contributed by atoms with Crippen molar-refractivity contribution in [3.05, 3.63) is 90.0 Å². The van der Waals surface area contributed by atoms with Crippen LogP contribution in [-0.4, -0.2) is 97.1 Å². The first kappa shape index (κ1) is 37.0. The highest BCUT2D eigenvalue weighted by atomic mass is 19.1. The quantitative estimate of drug-likeness (QED) is 0.192. The number of aromatic nitrogens is 4. The molecule has 3 N–H and O–H groups in total. The number of anilines is 2. The molecular formula is C43H41F2N9O5. The second kappa shape index (κ2) is 14.5. The first-order valence-corrected chi connectivity index (χ1v) is 20.1. The van der Waals surface area contributed by atoms with Gasteiger partial charge in [0.05, 0.1) is 28.2 Å². The van der Waals surface area contributed by atoms with Crippen LogP contribution in [0.15, 0.2) is 73.1 Å². The van der Waals surface area contributed by atoms with Crippen LogP contribution in [0.2, 0.25) is 0 Å². The molecule has 4 amide bonds. The number of amides is 4. The summed E-state index contributed by atoms with van der Waals surface area (Å²) in [6.45, 7) is 1.89. The molecule has 16 heteroatoms. The van der Waals surface area contributed by atoms with Crippen LogP contribution in [-0.2, 0) is 9.59 Å². The number of fused-ring (bicyclic) bond motifs is 5. The summed E-state index contributed by atoms with van der Waals surface area (Å²) in [4.78, 5) is 64.9. The van der Waals surface area contributed by atoms with Crippen molar-refractivity contribution in [1.29, 1.82) is 0 Å². The third-order valence-corrected chi connectivity index (χ3v) is 12.7. The minimum Gasteiger partial charge on any atom is -0.457 e. The van der Waals surface area contributed by atoms with Gasteiger partial charge in [-0.1, -0.05) is 18.2 Å². The van der Waals surface area contributed by atoms with Crippen molar-refractivity contribution < 1.29 is 32.7 Å². The highest BCUT2D eigenvalue weighted by Gasteiger charge is 2.47. The molecular weight excluding hydrogens is 761 g/mol. The molecule has 5 aromatic rings. The number of nitrogen functional groups attached to an aromatic ring is 1. The van der Waals surface area contributed by atoms with E-state index in [1.807, 2.05) is 59.5 Å². The molecule has 1 saturated carbocycles. The number of nitrogens with two attached hydrogens (primary N) is 1. The van der Waals surface area contributed by atoms with Crippen LogP contribution in [0.1, 0.15) is 71.7 Å². The number of para-hydroxylation sites is 1. The van der Waals surface area contributed by atoms with Gasteiger partial charge in [-0.25, -0.2) is 23.4 Å². The van der Waals surface area contributed by atoms with E-state index in [9.17, 15) is 19.2 Å². The van der Waals surface area contributed by atoms with Crippen molar-refractivity contribution in [3.63, 3.8) is 0 Å². The first-order valence-electron chi connectivity index (χ1n) is 20.1. The van der Waals surface area contributed by atoms with E-state index < -0.39 is 47.7 Å². The van der Waals surface area contributed by atoms with Crippen LogP contribution < -0.4 is 20.7 Å². The van der Waals surface area contributed by atoms with Crippen molar-refractivity contribution in [1.82, 2.24) is 34.9 Å². The van der Waals surface area contributed by atoms with Gasteiger partial charge in [-0.2, -0.15) is 5.10 Å². The summed E-state index contributed by atoms with van der Waals surface area (Å²) in [7, 11) is 0. The van der Waals surface area contributed by atoms with E-state index in [1.165, 1.54) is 12.4 Å². The zero-order chi connectivity index (χ0) is 40.5. The number of hydrogen-bond donors (Lipinski definition) is 2. The summed E-state index contributed by atoms with van der Waals surface area (Å²) >= 11 is 0. The van der Waals surface area contributed by atoms with Crippen molar-refractivity contribution in [3.8, 4) is 22.8 Å². The van der Waals surface area contributed by atoms with Crippen molar-refractivity contribution >= 4 is 46.2 Å². The molecule has 2 aromatic heterocycles. The molecule has 7 heterocycles. The monoisotopic (exact) mass is 801 g/mol. The summed E-state index contributed by atoms with van der Waals surface area (Å²) in [6, 6.07) is 17.9. The Labute approximate surface area is 337 Å². The smallest absolute Gasteiger partial charge is 0.262 e. The average Bonchev–Trinajstić information content (AvgIpc) is 3.73. The van der Waals surface area contributed by atoms with Gasteiger partial charge in [0.25, 0.3) is 11.8 Å². The molecule has 5 fully saturated rings. The summed E-state index contributed by atoms with van der Waals surface area (Å²) in [6.07, 6.45) is 3.66. The van der Waals surface area contributed by atoms with Gasteiger partial charge in [0.1, 0.15) is 47.4 Å². The molecule has 11 rings (SSSR count). The van der Waals surface area contributed by atoms with Crippen LogP contribution in [0, 0.1) is 11.7 Å². The van der Waals surface area contributed by atoms with E-state index in [0.29, 0.717) is 55.0 Å². The van der Waals surface area contributed by atoms with Crippen LogP contribution in [0.3, 0.4) is 0 Å². The number of carbonyl (C=O) groups excluding carboxylic acids is 4. The summed E-state index contributed by atoms with van der Waals surface area (Å²) < 4.78 is 39.9. The fourth-order valence-corrected chi connectivity index (χ4v) is 9.82. The lowest BCUT2D eigenvalue weighted by Crippen LogP contribution is -2.63. The molecule has 14 nitrogen and oxygen atoms in total. The Hall–Kier alpha value is -6.29. The number of alkyl halides is 1. The second-order valence-electron chi connectivity index (χ2n) is 16.2. The van der Waals surface area contributed by atoms with Crippen LogP contribution in [0.5, 0.6) is 11.5 Å². The number of nitrogens with zero attached hydrogens (tertiary/aromatic N) is 7. The Morgan fingerprint density at radius 1 is 0.847 bits per heavy atom. The summed E-state index contributed by atoms with van der Waals surface area (Å²) in [5.74, 6) is -1.44. The number of carbonyl (C=O) groups is 4. The average molecular weight is 802 g/mol. The summed E-state index contributed by atoms with van der Waals surface area (Å²) in [5.41, 5.74) is 8.46. The highest BCUT2D eigenvalue weighted by molar-refractivity contribution is 6.23. The molecule has 6 atom stereocenters. The standard InChI is InChI=1S/C43H41F2N9O5/c44-31-16-23(6-13-33(31)54-40-37(39(46)47-22-48-40)38(50-54)24-7-11-28(12-8-24)59-27-4-2-1-3-5-27)19-51-20-26-10-9-25(51)21-52(26)35-18-30-29(17-32(35)45)42(57)53(43(30)58)34-14-15-36(55)49-41(34)56/h1-5,7-8,11-12,17-18,22-23,25-26,31,33-34H,6,9-10,13-16,19-21H2,(H2,46,47,48)(H,49,55,56). The molecule has 59 heavy (non-hydrogen) atoms. The number of piperazine rings is 1. The van der Waals surface area contributed by atoms with Gasteiger partial charge in [-0.05, 0) is 93.0 Å². The molecule has 302 valence electrons. The zero-order valence-electron chi connectivity index (χ0n) is 32.0. The van der Waals surface area contributed by atoms with E-state index in [1.54, 1.807) is 4.68 Å². The molecule has 2 bridgehead atoms. The molecule has 4 saturated heterocycles. The van der Waals surface area contributed by atoms with Crippen molar-refractivity contribution in [2.24, 2.45) is 5.92 Å². The SMILES string of the molecule is Nc1ncnc2c1c(-c1ccc(Oc3ccccc3)cc1)nn2C1CCC(CN2CC3CCC2CN3c2cc3c(cc2F)C(=O)N(C2CCC(=O)NC2=O)C3=O)CC1F. The fraction of sp³-hybridized carbons (Fsp3) is 0.372. The third-order valence-electron chi connectivity index (χ3n) is 12.7. The first-order chi connectivity index (χ1) is 28.6. The van der Waals surface area contributed by atoms with E-state index in [-0.39, 0.29) is 53.5 Å². The minimum atomic E-state index is -1.18. The van der Waals surface area contributed by atoms with Gasteiger partial charge in [-0.15, -0.1) is 0 Å². The number of halogens is 2. The lowest BCUT2D eigenvalue weighted by molar-refractivity contribution is -0.136. The maximum Gasteiger partial charge on any atom is 0.262 e. The molecule has 0 radical (unpaired) electrons. The Morgan fingerprint density at radius 3 is 2.32 bits per heavy atom. The van der Waals surface area contributed by atoms with E-state index in [2.05, 4.69) is 20.2 Å². The Bertz CT molecular complexity index is 2520. The number of benzene rings is 3. The van der Waals surface area contributed by atoms with Crippen LogP contribution in [0.4, 0.5) is 20.3 Å². The number of nitrogens with one attached hydrogen (secondary N) is 1. The predicted octanol–water partition coefficient (Wildman–Crippen LogP) is 5.44. The van der Waals surface area contributed by atoms with E-state index >= 15 is 8.78 Å². The van der Waals surface area contributed by atoms with E-state index in [0.717, 1.165) is 41.5 Å². The Balaban J connectivity index is 0.813. The fourth-order valence-electron chi connectivity index (χ4n) is 9.82. The van der Waals surface area contributed by atoms with Gasteiger partial charge in [-0.3, -0.25) is 34.3 Å². The van der Waals surface area contributed by atoms with Gasteiger partial charge in [0.2, 0.25) is 11.8 Å². The number of rotatable bonds is 8. The number of ether oxygens (including phenoxy) is 1. The molecule has 3 aromatic carbocycles. The van der Waals surface area contributed by atoms with E-state index in [4.69, 9.17) is 15.6 Å². The van der Waals surface area contributed by atoms with Crippen LogP contribution in [0.25, 0.3) is 22.3 Å². The zero-order valence-corrected chi connectivity index (χ0v) is 32.0. The predicted molar refractivity (Wildman–Crippen MR) is 212 cm³/mol. The maximum atomic E-state index is 16.4. The molecule has 0 spiro atoms. The number of piperidine rings is 3. The lowest BCUT2D eigenvalue weighted by Gasteiger charge is -2.53. The lowest BCUT2D eigenvalue weighted by atomic mass is 9.82. The molecule has 5 aliphatic heterocycles. The molecule has 6 unspecified atom stereocenters. The number of imide groups is 2. The third kappa shape index (κ3) is 6.45. The Kier molecular flexibility index (Phi) is 9.11.